The number of hydrogen-bond acceptors (Lipinski definition) is 2. The number of rotatable bonds is 3. The van der Waals surface area contributed by atoms with Gasteiger partial charge in [0.25, 0.3) is 5.91 Å². The van der Waals surface area contributed by atoms with Gasteiger partial charge in [0.15, 0.2) is 0 Å². The third-order valence-electron chi connectivity index (χ3n) is 6.95. The number of hydrogen-bond donors (Lipinski definition) is 1. The number of carbonyl (C=O) groups is 2. The number of aromatic amines is 1. The van der Waals surface area contributed by atoms with Crippen LogP contribution in [0.15, 0.2) is 42.6 Å². The van der Waals surface area contributed by atoms with Gasteiger partial charge < -0.3 is 14.8 Å². The molecular formula is C23H26FN3O2. The smallest absolute Gasteiger partial charge is 0.270 e. The van der Waals surface area contributed by atoms with E-state index in [0.717, 1.165) is 24.8 Å². The maximum atomic E-state index is 13.8. The molecule has 2 amide bonds. The molecule has 3 saturated heterocycles. The van der Waals surface area contributed by atoms with Crippen LogP contribution in [-0.2, 0) is 11.2 Å². The van der Waals surface area contributed by atoms with Crippen LogP contribution in [0.4, 0.5) is 4.39 Å². The van der Waals surface area contributed by atoms with Gasteiger partial charge in [0, 0.05) is 37.8 Å². The molecule has 0 unspecified atom stereocenters. The predicted molar refractivity (Wildman–Crippen MR) is 107 cm³/mol. The Hall–Kier alpha value is -2.63. The van der Waals surface area contributed by atoms with Gasteiger partial charge >= 0.3 is 0 Å². The molecule has 0 radical (unpaired) electrons. The minimum absolute atomic E-state index is 0.0186. The van der Waals surface area contributed by atoms with E-state index >= 15 is 0 Å². The van der Waals surface area contributed by atoms with Gasteiger partial charge in [-0.1, -0.05) is 12.1 Å². The lowest BCUT2D eigenvalue weighted by Crippen LogP contribution is -2.66. The Morgan fingerprint density at radius 1 is 1.17 bits per heavy atom. The molecule has 152 valence electrons. The molecule has 1 aromatic heterocycles. The molecule has 0 saturated carbocycles. The van der Waals surface area contributed by atoms with Crippen LogP contribution < -0.4 is 0 Å². The van der Waals surface area contributed by atoms with Gasteiger partial charge in [0.1, 0.15) is 11.5 Å². The van der Waals surface area contributed by atoms with E-state index in [1.807, 2.05) is 23.1 Å². The summed E-state index contributed by atoms with van der Waals surface area (Å²) in [6.07, 6.45) is 5.95. The summed E-state index contributed by atoms with van der Waals surface area (Å²) in [5, 5.41) is 0. The van der Waals surface area contributed by atoms with Crippen LogP contribution >= 0.6 is 0 Å². The van der Waals surface area contributed by atoms with Crippen molar-refractivity contribution >= 4 is 11.8 Å². The summed E-state index contributed by atoms with van der Waals surface area (Å²) in [6, 6.07) is 10.5. The first kappa shape index (κ1) is 18.4. The largest absolute Gasteiger partial charge is 0.357 e. The fraction of sp³-hybridized carbons (Fsp3) is 0.478. The van der Waals surface area contributed by atoms with Gasteiger partial charge in [-0.25, -0.2) is 4.39 Å². The highest BCUT2D eigenvalue weighted by molar-refractivity contribution is 5.92. The number of halogens is 1. The van der Waals surface area contributed by atoms with Crippen LogP contribution in [0.25, 0.3) is 0 Å². The highest BCUT2D eigenvalue weighted by Crippen LogP contribution is 2.42. The first-order valence-corrected chi connectivity index (χ1v) is 10.6. The van der Waals surface area contributed by atoms with Crippen LogP contribution in [0.5, 0.6) is 0 Å². The van der Waals surface area contributed by atoms with Crippen molar-refractivity contribution in [2.45, 2.75) is 44.2 Å². The van der Waals surface area contributed by atoms with Gasteiger partial charge in [-0.3, -0.25) is 9.59 Å². The van der Waals surface area contributed by atoms with E-state index < -0.39 is 0 Å². The maximum Gasteiger partial charge on any atom is 0.270 e. The van der Waals surface area contributed by atoms with Crippen LogP contribution in [-0.4, -0.2) is 51.8 Å². The lowest BCUT2D eigenvalue weighted by atomic mass is 9.70. The van der Waals surface area contributed by atoms with E-state index in [1.54, 1.807) is 18.3 Å². The molecule has 2 aromatic rings. The second-order valence-corrected chi connectivity index (χ2v) is 8.71. The number of piperidine rings is 3. The minimum Gasteiger partial charge on any atom is -0.357 e. The van der Waals surface area contributed by atoms with Crippen molar-refractivity contribution in [2.75, 3.05) is 13.1 Å². The van der Waals surface area contributed by atoms with Crippen molar-refractivity contribution in [1.82, 2.24) is 14.8 Å². The molecular weight excluding hydrogens is 369 g/mol. The Kier molecular flexibility index (Phi) is 4.64. The molecule has 0 spiro atoms. The Balaban J connectivity index is 1.45. The third-order valence-corrected chi connectivity index (χ3v) is 6.95. The fourth-order valence-corrected chi connectivity index (χ4v) is 5.74. The number of amides is 2. The standard InChI is InChI=1S/C23H26FN3O2/c24-18-5-1-4-15(10-18)11-21-17-12-16(20-7-2-8-22(28)27(20)21)13-26(14-17)23(29)19-6-3-9-25-19/h1,3-6,9-10,16-17,20-21,25H,2,7-8,11-14H2/t16-,17+,20+,21+/m1/s1. The molecule has 5 rings (SSSR count). The van der Waals surface area contributed by atoms with Crippen LogP contribution in [0.2, 0.25) is 0 Å². The van der Waals surface area contributed by atoms with Gasteiger partial charge in [0.2, 0.25) is 5.91 Å². The molecule has 1 N–H and O–H groups in total. The van der Waals surface area contributed by atoms with E-state index in [-0.39, 0.29) is 35.6 Å². The molecule has 3 aliphatic rings. The summed E-state index contributed by atoms with van der Waals surface area (Å²) in [4.78, 5) is 33.0. The minimum atomic E-state index is -0.245. The zero-order chi connectivity index (χ0) is 20.0. The Labute approximate surface area is 169 Å². The number of carbonyl (C=O) groups excluding carboxylic acids is 2. The van der Waals surface area contributed by atoms with Crippen LogP contribution in [0.1, 0.15) is 41.7 Å². The number of nitrogens with zero attached hydrogens (tertiary/aromatic N) is 2. The van der Waals surface area contributed by atoms with E-state index in [1.165, 1.54) is 6.07 Å². The van der Waals surface area contributed by atoms with Crippen molar-refractivity contribution in [1.29, 1.82) is 0 Å². The Morgan fingerprint density at radius 3 is 2.83 bits per heavy atom. The molecule has 3 aliphatic heterocycles. The van der Waals surface area contributed by atoms with Crippen molar-refractivity contribution < 1.29 is 14.0 Å². The average molecular weight is 395 g/mol. The van der Waals surface area contributed by atoms with Crippen LogP contribution in [0.3, 0.4) is 0 Å². The van der Waals surface area contributed by atoms with E-state index in [9.17, 15) is 14.0 Å². The summed E-state index contributed by atoms with van der Waals surface area (Å²) in [6.45, 7) is 1.35. The van der Waals surface area contributed by atoms with Crippen molar-refractivity contribution in [3.8, 4) is 0 Å². The lowest BCUT2D eigenvalue weighted by molar-refractivity contribution is -0.151. The topological polar surface area (TPSA) is 56.4 Å². The first-order chi connectivity index (χ1) is 14.1. The lowest BCUT2D eigenvalue weighted by Gasteiger charge is -2.56. The van der Waals surface area contributed by atoms with E-state index in [0.29, 0.717) is 37.5 Å². The molecule has 4 atom stereocenters. The molecule has 2 bridgehead atoms. The van der Waals surface area contributed by atoms with Crippen molar-refractivity contribution in [2.24, 2.45) is 11.8 Å². The number of aromatic nitrogens is 1. The highest BCUT2D eigenvalue weighted by atomic mass is 19.1. The number of likely N-dealkylation sites (tertiary alicyclic amines) is 1. The SMILES string of the molecule is O=C(c1ccc[nH]1)N1C[C@H]2C[C@@H](C1)[C@H](Cc1cccc(F)c1)N1C(=O)CCC[C@@H]21. The fourth-order valence-electron chi connectivity index (χ4n) is 5.74. The second kappa shape index (κ2) is 7.32. The quantitative estimate of drug-likeness (QED) is 0.868. The third kappa shape index (κ3) is 3.34. The monoisotopic (exact) mass is 395 g/mol. The summed E-state index contributed by atoms with van der Waals surface area (Å²) >= 11 is 0. The first-order valence-electron chi connectivity index (χ1n) is 10.6. The van der Waals surface area contributed by atoms with Crippen molar-refractivity contribution in [3.05, 3.63) is 59.7 Å². The van der Waals surface area contributed by atoms with Gasteiger partial charge in [0.05, 0.1) is 0 Å². The van der Waals surface area contributed by atoms with Crippen LogP contribution in [0, 0.1) is 17.7 Å². The summed E-state index contributed by atoms with van der Waals surface area (Å²) in [7, 11) is 0. The number of nitrogens with one attached hydrogen (secondary N) is 1. The zero-order valence-electron chi connectivity index (χ0n) is 16.4. The van der Waals surface area contributed by atoms with E-state index in [4.69, 9.17) is 0 Å². The van der Waals surface area contributed by atoms with Gasteiger partial charge in [-0.2, -0.15) is 0 Å². The Bertz CT molecular complexity index is 913. The Morgan fingerprint density at radius 2 is 2.03 bits per heavy atom. The number of H-pyrrole nitrogens is 1. The molecule has 1 aromatic carbocycles. The molecule has 5 nitrogen and oxygen atoms in total. The predicted octanol–water partition coefficient (Wildman–Crippen LogP) is 3.24. The zero-order valence-corrected chi connectivity index (χ0v) is 16.4. The average Bonchev–Trinajstić information content (AvgIpc) is 3.25. The molecule has 0 aliphatic carbocycles. The molecule has 6 heteroatoms. The summed E-state index contributed by atoms with van der Waals surface area (Å²) in [5.74, 6) is 0.547. The van der Waals surface area contributed by atoms with E-state index in [2.05, 4.69) is 9.88 Å². The second-order valence-electron chi connectivity index (χ2n) is 8.71. The maximum absolute atomic E-state index is 13.8. The molecule has 29 heavy (non-hydrogen) atoms. The van der Waals surface area contributed by atoms with Crippen molar-refractivity contribution in [3.63, 3.8) is 0 Å². The number of fused-ring (bicyclic) bond motifs is 4. The summed E-state index contributed by atoms with van der Waals surface area (Å²) < 4.78 is 13.8. The normalized spacial score (nSPS) is 28.9. The summed E-state index contributed by atoms with van der Waals surface area (Å²) in [5.41, 5.74) is 1.53. The number of benzene rings is 1. The highest BCUT2D eigenvalue weighted by Gasteiger charge is 2.50. The van der Waals surface area contributed by atoms with Gasteiger partial charge in [-0.05, 0) is 67.3 Å². The van der Waals surface area contributed by atoms with Gasteiger partial charge in [-0.15, -0.1) is 0 Å². The molecule has 3 fully saturated rings. The molecule has 4 heterocycles.